The zero-order valence-corrected chi connectivity index (χ0v) is 18.5. The van der Waals surface area contributed by atoms with E-state index in [1.807, 2.05) is 36.4 Å². The van der Waals surface area contributed by atoms with Gasteiger partial charge in [-0.3, -0.25) is 0 Å². The van der Waals surface area contributed by atoms with Crippen molar-refractivity contribution in [1.29, 1.82) is 0 Å². The van der Waals surface area contributed by atoms with Crippen molar-refractivity contribution in [1.82, 2.24) is 4.57 Å². The number of methoxy groups -OCH3 is 1. The Hall–Kier alpha value is -3.75. The summed E-state index contributed by atoms with van der Waals surface area (Å²) < 4.78 is 7.71. The number of ether oxygens (including phenoxy) is 1. The summed E-state index contributed by atoms with van der Waals surface area (Å²) in [5.74, 6) is 0.841. The summed E-state index contributed by atoms with van der Waals surface area (Å²) in [6.45, 7) is 0. The third kappa shape index (κ3) is 3.81. The SMILES string of the molecule is COc1ccc(-c2cc(-c3ccccc3)c(-c3ccc(Cl)cc3)n2-c2ccccc2)cc1. The Balaban J connectivity index is 1.85. The van der Waals surface area contributed by atoms with E-state index in [9.17, 15) is 0 Å². The van der Waals surface area contributed by atoms with E-state index in [1.54, 1.807) is 7.11 Å². The molecule has 0 saturated heterocycles. The second kappa shape index (κ2) is 8.78. The minimum absolute atomic E-state index is 0.725. The van der Waals surface area contributed by atoms with Crippen molar-refractivity contribution >= 4 is 11.6 Å². The molecular formula is C29H22ClNO. The molecule has 0 aliphatic carbocycles. The van der Waals surface area contributed by atoms with Crippen LogP contribution in [0.5, 0.6) is 5.75 Å². The van der Waals surface area contributed by atoms with Crippen LogP contribution in [0, 0.1) is 0 Å². The molecule has 0 unspecified atom stereocenters. The Morgan fingerprint density at radius 3 is 1.84 bits per heavy atom. The van der Waals surface area contributed by atoms with Gasteiger partial charge in [-0.25, -0.2) is 0 Å². The van der Waals surface area contributed by atoms with Crippen LogP contribution in [0.15, 0.2) is 115 Å². The van der Waals surface area contributed by atoms with Crippen LogP contribution in [0.3, 0.4) is 0 Å². The van der Waals surface area contributed by atoms with Crippen LogP contribution in [0.25, 0.3) is 39.3 Å². The fourth-order valence-electron chi connectivity index (χ4n) is 4.06. The fraction of sp³-hybridized carbons (Fsp3) is 0.0345. The van der Waals surface area contributed by atoms with Gasteiger partial charge in [-0.2, -0.15) is 0 Å². The lowest BCUT2D eigenvalue weighted by atomic mass is 10.0. The number of halogens is 1. The number of para-hydroxylation sites is 1. The molecule has 0 aliphatic heterocycles. The van der Waals surface area contributed by atoms with Gasteiger partial charge in [-0.15, -0.1) is 0 Å². The molecule has 1 heterocycles. The van der Waals surface area contributed by atoms with E-state index in [4.69, 9.17) is 16.3 Å². The van der Waals surface area contributed by atoms with Crippen LogP contribution >= 0.6 is 11.6 Å². The normalized spacial score (nSPS) is 10.8. The largest absolute Gasteiger partial charge is 0.497 e. The van der Waals surface area contributed by atoms with Gasteiger partial charge in [0, 0.05) is 16.3 Å². The van der Waals surface area contributed by atoms with E-state index in [0.29, 0.717) is 0 Å². The highest BCUT2D eigenvalue weighted by molar-refractivity contribution is 6.30. The number of nitrogens with zero attached hydrogens (tertiary/aromatic N) is 1. The molecule has 32 heavy (non-hydrogen) atoms. The van der Waals surface area contributed by atoms with E-state index in [-0.39, 0.29) is 0 Å². The maximum Gasteiger partial charge on any atom is 0.118 e. The number of aromatic nitrogens is 1. The molecule has 0 N–H and O–H groups in total. The molecule has 5 rings (SSSR count). The van der Waals surface area contributed by atoms with Crippen molar-refractivity contribution in [3.05, 3.63) is 120 Å². The van der Waals surface area contributed by atoms with Gasteiger partial charge < -0.3 is 9.30 Å². The first-order chi connectivity index (χ1) is 15.7. The van der Waals surface area contributed by atoms with Gasteiger partial charge in [0.2, 0.25) is 0 Å². The van der Waals surface area contributed by atoms with E-state index in [0.717, 1.165) is 39.0 Å². The van der Waals surface area contributed by atoms with E-state index >= 15 is 0 Å². The Labute approximate surface area is 193 Å². The third-order valence-electron chi connectivity index (χ3n) is 5.60. The van der Waals surface area contributed by atoms with Crippen molar-refractivity contribution in [2.24, 2.45) is 0 Å². The summed E-state index contributed by atoms with van der Waals surface area (Å²) in [5.41, 5.74) is 7.91. The molecule has 0 saturated carbocycles. The van der Waals surface area contributed by atoms with Crippen LogP contribution in [0.4, 0.5) is 0 Å². The summed E-state index contributed by atoms with van der Waals surface area (Å²) in [6, 6.07) is 39.5. The molecule has 0 atom stereocenters. The molecule has 0 amide bonds. The monoisotopic (exact) mass is 435 g/mol. The lowest BCUT2D eigenvalue weighted by Gasteiger charge is -2.16. The van der Waals surface area contributed by atoms with E-state index < -0.39 is 0 Å². The van der Waals surface area contributed by atoms with Gasteiger partial charge in [0.05, 0.1) is 18.5 Å². The van der Waals surface area contributed by atoms with Gasteiger partial charge in [-0.05, 0) is 71.3 Å². The Morgan fingerprint density at radius 1 is 0.625 bits per heavy atom. The Bertz CT molecular complexity index is 1320. The molecule has 0 spiro atoms. The van der Waals surface area contributed by atoms with Crippen molar-refractivity contribution in [2.75, 3.05) is 7.11 Å². The predicted molar refractivity (Wildman–Crippen MR) is 134 cm³/mol. The molecule has 0 radical (unpaired) electrons. The number of benzene rings is 4. The van der Waals surface area contributed by atoms with Crippen molar-refractivity contribution in [2.45, 2.75) is 0 Å². The van der Waals surface area contributed by atoms with Crippen molar-refractivity contribution < 1.29 is 4.74 Å². The highest BCUT2D eigenvalue weighted by atomic mass is 35.5. The molecule has 0 aliphatic rings. The van der Waals surface area contributed by atoms with E-state index in [1.165, 1.54) is 11.1 Å². The lowest BCUT2D eigenvalue weighted by Crippen LogP contribution is -2.00. The van der Waals surface area contributed by atoms with Crippen molar-refractivity contribution in [3.63, 3.8) is 0 Å². The second-order valence-electron chi connectivity index (χ2n) is 7.56. The minimum Gasteiger partial charge on any atom is -0.497 e. The number of hydrogen-bond acceptors (Lipinski definition) is 1. The Kier molecular flexibility index (Phi) is 5.53. The highest BCUT2D eigenvalue weighted by Gasteiger charge is 2.20. The predicted octanol–water partition coefficient (Wildman–Crippen LogP) is 8.14. The maximum absolute atomic E-state index is 6.22. The number of rotatable bonds is 5. The standard InChI is InChI=1S/C29H22ClNO/c1-32-26-18-14-22(15-19-26)28-20-27(21-8-4-2-5-9-21)29(23-12-16-24(30)17-13-23)31(28)25-10-6-3-7-11-25/h2-20H,1H3. The maximum atomic E-state index is 6.22. The van der Waals surface area contributed by atoms with Crippen LogP contribution in [-0.4, -0.2) is 11.7 Å². The molecule has 4 aromatic carbocycles. The zero-order valence-electron chi connectivity index (χ0n) is 17.7. The van der Waals surface area contributed by atoms with Crippen LogP contribution in [-0.2, 0) is 0 Å². The molecule has 156 valence electrons. The fourth-order valence-corrected chi connectivity index (χ4v) is 4.19. The first kappa shape index (κ1) is 20.2. The minimum atomic E-state index is 0.725. The average Bonchev–Trinajstić information content (AvgIpc) is 3.26. The van der Waals surface area contributed by atoms with Gasteiger partial charge >= 0.3 is 0 Å². The van der Waals surface area contributed by atoms with Gasteiger partial charge in [0.25, 0.3) is 0 Å². The summed E-state index contributed by atoms with van der Waals surface area (Å²) in [6.07, 6.45) is 0. The molecule has 0 bridgehead atoms. The molecule has 2 nitrogen and oxygen atoms in total. The first-order valence-electron chi connectivity index (χ1n) is 10.5. The van der Waals surface area contributed by atoms with Gasteiger partial charge in [0.15, 0.2) is 0 Å². The highest BCUT2D eigenvalue weighted by Crippen LogP contribution is 2.41. The van der Waals surface area contributed by atoms with Gasteiger partial charge in [-0.1, -0.05) is 72.3 Å². The zero-order chi connectivity index (χ0) is 21.9. The molecule has 5 aromatic rings. The van der Waals surface area contributed by atoms with Crippen molar-refractivity contribution in [3.8, 4) is 45.1 Å². The van der Waals surface area contributed by atoms with E-state index in [2.05, 4.69) is 83.4 Å². The van der Waals surface area contributed by atoms with Crippen LogP contribution in [0.2, 0.25) is 5.02 Å². The molecule has 3 heteroatoms. The average molecular weight is 436 g/mol. The summed E-state index contributed by atoms with van der Waals surface area (Å²) in [5, 5.41) is 0.725. The second-order valence-corrected chi connectivity index (χ2v) is 8.00. The topological polar surface area (TPSA) is 14.2 Å². The summed E-state index contributed by atoms with van der Waals surface area (Å²) in [7, 11) is 1.69. The molecule has 0 fully saturated rings. The lowest BCUT2D eigenvalue weighted by molar-refractivity contribution is 0.415. The van der Waals surface area contributed by atoms with Crippen LogP contribution in [0.1, 0.15) is 0 Å². The van der Waals surface area contributed by atoms with Crippen LogP contribution < -0.4 is 4.74 Å². The number of hydrogen-bond donors (Lipinski definition) is 0. The van der Waals surface area contributed by atoms with Gasteiger partial charge in [0.1, 0.15) is 5.75 Å². The smallest absolute Gasteiger partial charge is 0.118 e. The third-order valence-corrected chi connectivity index (χ3v) is 5.86. The summed E-state index contributed by atoms with van der Waals surface area (Å²) >= 11 is 6.22. The molecular weight excluding hydrogens is 414 g/mol. The Morgan fingerprint density at radius 2 is 1.22 bits per heavy atom. The molecule has 1 aromatic heterocycles. The summed E-state index contributed by atoms with van der Waals surface area (Å²) in [4.78, 5) is 0. The first-order valence-corrected chi connectivity index (χ1v) is 10.9. The quantitative estimate of drug-likeness (QED) is 0.271.